The molecule has 2 N–H and O–H groups in total. The molecule has 0 fully saturated rings. The van der Waals surface area contributed by atoms with Crippen LogP contribution in [-0.4, -0.2) is 23.5 Å². The third-order valence-corrected chi connectivity index (χ3v) is 3.23. The third kappa shape index (κ3) is 2.87. The molecule has 0 unspecified atom stereocenters. The molecule has 0 rings (SSSR count). The highest BCUT2D eigenvalue weighted by Crippen LogP contribution is 2.41. The molecule has 0 atom stereocenters. The summed E-state index contributed by atoms with van der Waals surface area (Å²) in [4.78, 5) is 10.9. The predicted octanol–water partition coefficient (Wildman–Crippen LogP) is 0.889. The quantitative estimate of drug-likeness (QED) is 0.460. The highest BCUT2D eigenvalue weighted by atomic mass is 32.3. The maximum absolute atomic E-state index is 10.9. The van der Waals surface area contributed by atoms with E-state index in [0.29, 0.717) is 5.84 Å². The fourth-order valence-corrected chi connectivity index (χ4v) is 1.27. The van der Waals surface area contributed by atoms with Gasteiger partial charge in [-0.25, -0.2) is 4.40 Å². The van der Waals surface area contributed by atoms with Crippen LogP contribution in [-0.2, 0) is 4.79 Å². The number of amidine groups is 1. The van der Waals surface area contributed by atoms with Crippen LogP contribution in [0.25, 0.3) is 0 Å². The van der Waals surface area contributed by atoms with Crippen LogP contribution < -0.4 is 5.73 Å². The minimum atomic E-state index is -1.47. The standard InChI is InChI=1S/C6H14N2OS/c1-5(7)8-10(3,4)6(2)9/h1-4H3,(H2,7,8). The molecular weight excluding hydrogens is 148 g/mol. The zero-order valence-electron chi connectivity index (χ0n) is 6.84. The summed E-state index contributed by atoms with van der Waals surface area (Å²) in [6.45, 7) is 3.24. The average Bonchev–Trinajstić information content (AvgIpc) is 1.60. The fraction of sp³-hybridized carbons (Fsp3) is 0.667. The SMILES string of the molecule is CC(=O)S(C)(C)/N=C(/C)N. The first-order valence-electron chi connectivity index (χ1n) is 2.92. The molecule has 0 amide bonds. The zero-order chi connectivity index (χ0) is 8.36. The Labute approximate surface area is 63.2 Å². The normalized spacial score (nSPS) is 15.0. The molecule has 0 spiro atoms. The van der Waals surface area contributed by atoms with E-state index in [1.807, 2.05) is 12.5 Å². The van der Waals surface area contributed by atoms with E-state index < -0.39 is 10.2 Å². The number of hydrogen-bond acceptors (Lipinski definition) is 2. The predicted molar refractivity (Wildman–Crippen MR) is 47.4 cm³/mol. The third-order valence-electron chi connectivity index (χ3n) is 1.08. The van der Waals surface area contributed by atoms with Gasteiger partial charge in [-0.05, 0) is 19.4 Å². The second-order valence-electron chi connectivity index (χ2n) is 2.50. The van der Waals surface area contributed by atoms with E-state index >= 15 is 0 Å². The summed E-state index contributed by atoms with van der Waals surface area (Å²) in [6.07, 6.45) is 3.65. The van der Waals surface area contributed by atoms with Crippen LogP contribution in [0, 0.1) is 0 Å². The second kappa shape index (κ2) is 3.05. The minimum absolute atomic E-state index is 0.109. The van der Waals surface area contributed by atoms with Gasteiger partial charge in [-0.1, -0.05) is 10.2 Å². The first kappa shape index (κ1) is 9.49. The fourth-order valence-electron chi connectivity index (χ4n) is 0.424. The van der Waals surface area contributed by atoms with Crippen molar-refractivity contribution in [2.75, 3.05) is 12.5 Å². The van der Waals surface area contributed by atoms with Gasteiger partial charge in [0, 0.05) is 6.92 Å². The zero-order valence-corrected chi connectivity index (χ0v) is 7.66. The smallest absolute Gasteiger partial charge is 0.186 e. The Morgan fingerprint density at radius 2 is 1.80 bits per heavy atom. The van der Waals surface area contributed by atoms with Gasteiger partial charge in [0.2, 0.25) is 0 Å². The van der Waals surface area contributed by atoms with Crippen molar-refractivity contribution in [1.82, 2.24) is 0 Å². The number of rotatable bonds is 1. The van der Waals surface area contributed by atoms with E-state index in [4.69, 9.17) is 5.73 Å². The number of nitrogens with two attached hydrogens (primary N) is 1. The maximum Gasteiger partial charge on any atom is 0.186 e. The molecule has 0 aliphatic heterocycles. The summed E-state index contributed by atoms with van der Waals surface area (Å²) in [5, 5.41) is 0.109. The van der Waals surface area contributed by atoms with Crippen molar-refractivity contribution in [3.05, 3.63) is 0 Å². The van der Waals surface area contributed by atoms with Crippen molar-refractivity contribution in [3.63, 3.8) is 0 Å². The van der Waals surface area contributed by atoms with Crippen molar-refractivity contribution in [2.24, 2.45) is 10.1 Å². The van der Waals surface area contributed by atoms with E-state index in [1.54, 1.807) is 13.8 Å². The van der Waals surface area contributed by atoms with Gasteiger partial charge < -0.3 is 5.73 Å². The van der Waals surface area contributed by atoms with Crippen molar-refractivity contribution >= 4 is 21.2 Å². The summed E-state index contributed by atoms with van der Waals surface area (Å²) < 4.78 is 4.04. The van der Waals surface area contributed by atoms with E-state index in [1.165, 1.54) is 0 Å². The molecule has 0 aromatic heterocycles. The van der Waals surface area contributed by atoms with Gasteiger partial charge in [-0.15, -0.1) is 0 Å². The van der Waals surface area contributed by atoms with E-state index in [-0.39, 0.29) is 5.12 Å². The van der Waals surface area contributed by atoms with Crippen LogP contribution in [0.2, 0.25) is 0 Å². The van der Waals surface area contributed by atoms with Gasteiger partial charge in [0.1, 0.15) is 5.84 Å². The van der Waals surface area contributed by atoms with Crippen LogP contribution >= 0.6 is 10.2 Å². The topological polar surface area (TPSA) is 55.5 Å². The van der Waals surface area contributed by atoms with Gasteiger partial charge in [0.25, 0.3) is 0 Å². The Morgan fingerprint density at radius 1 is 1.40 bits per heavy atom. The van der Waals surface area contributed by atoms with Gasteiger partial charge >= 0.3 is 0 Å². The summed E-state index contributed by atoms with van der Waals surface area (Å²) in [5.74, 6) is 0.482. The summed E-state index contributed by atoms with van der Waals surface area (Å²) in [7, 11) is -1.47. The van der Waals surface area contributed by atoms with Crippen LogP contribution in [0.3, 0.4) is 0 Å². The first-order valence-corrected chi connectivity index (χ1v) is 5.33. The summed E-state index contributed by atoms with van der Waals surface area (Å²) in [6, 6.07) is 0. The Balaban J connectivity index is 4.42. The lowest BCUT2D eigenvalue weighted by atomic mass is 10.8. The summed E-state index contributed by atoms with van der Waals surface area (Å²) in [5.41, 5.74) is 5.33. The molecule has 10 heavy (non-hydrogen) atoms. The molecule has 60 valence electrons. The Bertz CT molecular complexity index is 171. The molecule has 0 bridgehead atoms. The lowest BCUT2D eigenvalue weighted by Gasteiger charge is -2.21. The maximum atomic E-state index is 10.9. The number of hydrogen-bond donors (Lipinski definition) is 1. The molecule has 0 aliphatic carbocycles. The van der Waals surface area contributed by atoms with Crippen LogP contribution in [0.1, 0.15) is 13.8 Å². The average molecular weight is 162 g/mol. The van der Waals surface area contributed by atoms with Crippen molar-refractivity contribution in [1.29, 1.82) is 0 Å². The van der Waals surface area contributed by atoms with Crippen LogP contribution in [0.4, 0.5) is 0 Å². The van der Waals surface area contributed by atoms with Gasteiger partial charge in [0.05, 0.1) is 0 Å². The molecule has 0 aromatic rings. The molecular formula is C6H14N2OS. The molecule has 4 heteroatoms. The van der Waals surface area contributed by atoms with Crippen LogP contribution in [0.5, 0.6) is 0 Å². The monoisotopic (exact) mass is 162 g/mol. The largest absolute Gasteiger partial charge is 0.387 e. The second-order valence-corrected chi connectivity index (χ2v) is 5.80. The summed E-state index contributed by atoms with van der Waals surface area (Å²) >= 11 is 0. The molecule has 0 saturated carbocycles. The van der Waals surface area contributed by atoms with Crippen LogP contribution in [0.15, 0.2) is 4.40 Å². The van der Waals surface area contributed by atoms with E-state index in [2.05, 4.69) is 4.40 Å². The molecule has 0 heterocycles. The van der Waals surface area contributed by atoms with Gasteiger partial charge in [-0.3, -0.25) is 4.79 Å². The first-order chi connectivity index (χ1) is 4.36. The number of carbonyl (C=O) groups is 1. The van der Waals surface area contributed by atoms with E-state index in [9.17, 15) is 4.79 Å². The van der Waals surface area contributed by atoms with Crippen molar-refractivity contribution < 1.29 is 4.79 Å². The minimum Gasteiger partial charge on any atom is -0.387 e. The Hall–Kier alpha value is -0.510. The lowest BCUT2D eigenvalue weighted by Crippen LogP contribution is -2.11. The number of carbonyl (C=O) groups excluding carboxylic acids is 1. The molecule has 3 nitrogen and oxygen atoms in total. The van der Waals surface area contributed by atoms with Crippen molar-refractivity contribution in [2.45, 2.75) is 13.8 Å². The molecule has 0 aromatic carbocycles. The van der Waals surface area contributed by atoms with Crippen molar-refractivity contribution in [3.8, 4) is 0 Å². The Kier molecular flexibility index (Phi) is 2.90. The highest BCUT2D eigenvalue weighted by molar-refractivity contribution is 8.43. The van der Waals surface area contributed by atoms with Gasteiger partial charge in [0.15, 0.2) is 5.12 Å². The highest BCUT2D eigenvalue weighted by Gasteiger charge is 2.14. The number of nitrogens with zero attached hydrogens (tertiary/aromatic N) is 1. The lowest BCUT2D eigenvalue weighted by molar-refractivity contribution is -0.109. The molecule has 0 aliphatic rings. The van der Waals surface area contributed by atoms with Gasteiger partial charge in [-0.2, -0.15) is 0 Å². The van der Waals surface area contributed by atoms with E-state index in [0.717, 1.165) is 0 Å². The molecule has 0 radical (unpaired) electrons. The molecule has 0 saturated heterocycles. The Morgan fingerprint density at radius 3 is 1.90 bits per heavy atom.